The van der Waals surface area contributed by atoms with Crippen LogP contribution in [0.3, 0.4) is 0 Å². The third-order valence-electron chi connectivity index (χ3n) is 3.18. The molecule has 1 fully saturated rings. The van der Waals surface area contributed by atoms with Crippen LogP contribution in [0.5, 0.6) is 5.75 Å². The maximum absolute atomic E-state index is 12.0. The third kappa shape index (κ3) is 4.44. The molecule has 1 amide bonds. The molecule has 1 aromatic carbocycles. The molecule has 2 unspecified atom stereocenters. The van der Waals surface area contributed by atoms with E-state index in [1.54, 1.807) is 18.2 Å². The van der Waals surface area contributed by atoms with Crippen molar-refractivity contribution in [3.63, 3.8) is 0 Å². The Morgan fingerprint density at radius 3 is 3.16 bits per heavy atom. The Morgan fingerprint density at radius 1 is 1.63 bits per heavy atom. The smallest absolute Gasteiger partial charge is 0.222 e. The van der Waals surface area contributed by atoms with Crippen molar-refractivity contribution in [2.45, 2.75) is 25.4 Å². The zero-order chi connectivity index (χ0) is 13.7. The minimum absolute atomic E-state index is 0.0517. The first-order chi connectivity index (χ1) is 9.15. The Labute approximate surface area is 118 Å². The van der Waals surface area contributed by atoms with Crippen LogP contribution in [0.4, 0.5) is 0 Å². The van der Waals surface area contributed by atoms with E-state index in [1.807, 2.05) is 24.8 Å². The standard InChI is InChI=1S/C14H20N2O2S/c1-10(11-3-2-4-13(17)7-11)16-14(18)8-12-9-19-6-5-15-12/h2-4,7,10,12,15,17H,5-6,8-9H2,1H3,(H,16,18). The number of benzene rings is 1. The van der Waals surface area contributed by atoms with Gasteiger partial charge in [-0.05, 0) is 24.6 Å². The Hall–Kier alpha value is -1.20. The van der Waals surface area contributed by atoms with E-state index in [-0.39, 0.29) is 23.7 Å². The van der Waals surface area contributed by atoms with Crippen LogP contribution in [0.2, 0.25) is 0 Å². The topological polar surface area (TPSA) is 61.4 Å². The van der Waals surface area contributed by atoms with Gasteiger partial charge in [0.1, 0.15) is 5.75 Å². The lowest BCUT2D eigenvalue weighted by molar-refractivity contribution is -0.122. The lowest BCUT2D eigenvalue weighted by Crippen LogP contribution is -2.41. The zero-order valence-electron chi connectivity index (χ0n) is 11.1. The molecule has 0 aliphatic carbocycles. The van der Waals surface area contributed by atoms with Gasteiger partial charge in [-0.1, -0.05) is 12.1 Å². The van der Waals surface area contributed by atoms with Crippen molar-refractivity contribution in [1.82, 2.24) is 10.6 Å². The molecule has 0 radical (unpaired) electrons. The molecule has 4 nitrogen and oxygen atoms in total. The number of amides is 1. The molecule has 1 heterocycles. The van der Waals surface area contributed by atoms with E-state index in [2.05, 4.69) is 10.6 Å². The first kappa shape index (κ1) is 14.2. The van der Waals surface area contributed by atoms with Crippen molar-refractivity contribution < 1.29 is 9.90 Å². The first-order valence-corrected chi connectivity index (χ1v) is 7.70. The fraction of sp³-hybridized carbons (Fsp3) is 0.500. The fourth-order valence-electron chi connectivity index (χ4n) is 2.15. The Bertz CT molecular complexity index is 433. The normalized spacial score (nSPS) is 20.8. The molecule has 2 atom stereocenters. The highest BCUT2D eigenvalue weighted by Crippen LogP contribution is 2.18. The second kappa shape index (κ2) is 6.82. The summed E-state index contributed by atoms with van der Waals surface area (Å²) in [4.78, 5) is 12.0. The summed E-state index contributed by atoms with van der Waals surface area (Å²) in [6.45, 7) is 2.90. The summed E-state index contributed by atoms with van der Waals surface area (Å²) < 4.78 is 0. The van der Waals surface area contributed by atoms with Crippen LogP contribution in [0.25, 0.3) is 0 Å². The number of hydrogen-bond acceptors (Lipinski definition) is 4. The first-order valence-electron chi connectivity index (χ1n) is 6.54. The Balaban J connectivity index is 1.84. The molecular formula is C14H20N2O2S. The van der Waals surface area contributed by atoms with E-state index >= 15 is 0 Å². The molecule has 5 heteroatoms. The van der Waals surface area contributed by atoms with Gasteiger partial charge in [0.2, 0.25) is 5.91 Å². The van der Waals surface area contributed by atoms with Gasteiger partial charge >= 0.3 is 0 Å². The van der Waals surface area contributed by atoms with Gasteiger partial charge in [-0.3, -0.25) is 4.79 Å². The molecule has 1 aromatic rings. The van der Waals surface area contributed by atoms with Gasteiger partial charge in [-0.15, -0.1) is 0 Å². The zero-order valence-corrected chi connectivity index (χ0v) is 11.9. The highest BCUT2D eigenvalue weighted by molar-refractivity contribution is 7.99. The lowest BCUT2D eigenvalue weighted by Gasteiger charge is -2.23. The largest absolute Gasteiger partial charge is 0.508 e. The molecule has 0 spiro atoms. The van der Waals surface area contributed by atoms with Gasteiger partial charge in [0.15, 0.2) is 0 Å². The summed E-state index contributed by atoms with van der Waals surface area (Å²) in [5.41, 5.74) is 0.916. The van der Waals surface area contributed by atoms with Gasteiger partial charge in [-0.25, -0.2) is 0 Å². The summed E-state index contributed by atoms with van der Waals surface area (Å²) in [5.74, 6) is 2.39. The minimum atomic E-state index is -0.0872. The summed E-state index contributed by atoms with van der Waals surface area (Å²) >= 11 is 1.89. The van der Waals surface area contributed by atoms with Crippen molar-refractivity contribution in [2.24, 2.45) is 0 Å². The predicted molar refractivity (Wildman–Crippen MR) is 78.4 cm³/mol. The van der Waals surface area contributed by atoms with E-state index in [9.17, 15) is 9.90 Å². The van der Waals surface area contributed by atoms with Gasteiger partial charge in [0, 0.05) is 30.5 Å². The molecule has 19 heavy (non-hydrogen) atoms. The van der Waals surface area contributed by atoms with Crippen LogP contribution < -0.4 is 10.6 Å². The molecule has 104 valence electrons. The van der Waals surface area contributed by atoms with E-state index in [1.165, 1.54) is 0 Å². The number of rotatable bonds is 4. The predicted octanol–water partition coefficient (Wildman–Crippen LogP) is 1.66. The average molecular weight is 280 g/mol. The second-order valence-electron chi connectivity index (χ2n) is 4.81. The van der Waals surface area contributed by atoms with Crippen LogP contribution >= 0.6 is 11.8 Å². The van der Waals surface area contributed by atoms with Gasteiger partial charge in [-0.2, -0.15) is 11.8 Å². The van der Waals surface area contributed by atoms with E-state index in [0.717, 1.165) is 23.6 Å². The number of aromatic hydroxyl groups is 1. The van der Waals surface area contributed by atoms with Crippen LogP contribution in [-0.2, 0) is 4.79 Å². The van der Waals surface area contributed by atoms with Crippen molar-refractivity contribution >= 4 is 17.7 Å². The number of carbonyl (C=O) groups is 1. The molecule has 1 aliphatic heterocycles. The monoisotopic (exact) mass is 280 g/mol. The maximum atomic E-state index is 12.0. The highest BCUT2D eigenvalue weighted by Gasteiger charge is 2.18. The number of nitrogens with one attached hydrogen (secondary N) is 2. The SMILES string of the molecule is CC(NC(=O)CC1CSCCN1)c1cccc(O)c1. The fourth-order valence-corrected chi connectivity index (χ4v) is 3.10. The van der Waals surface area contributed by atoms with Crippen molar-refractivity contribution in [2.75, 3.05) is 18.1 Å². The van der Waals surface area contributed by atoms with Crippen molar-refractivity contribution in [1.29, 1.82) is 0 Å². The number of phenolic OH excluding ortho intramolecular Hbond substituents is 1. The molecule has 3 N–H and O–H groups in total. The number of carbonyl (C=O) groups excluding carboxylic acids is 1. The van der Waals surface area contributed by atoms with Crippen molar-refractivity contribution in [3.05, 3.63) is 29.8 Å². The highest BCUT2D eigenvalue weighted by atomic mass is 32.2. The number of thioether (sulfide) groups is 1. The molecular weight excluding hydrogens is 260 g/mol. The molecule has 0 aromatic heterocycles. The maximum Gasteiger partial charge on any atom is 0.222 e. The minimum Gasteiger partial charge on any atom is -0.508 e. The summed E-state index contributed by atoms with van der Waals surface area (Å²) in [5, 5.41) is 15.8. The van der Waals surface area contributed by atoms with Crippen LogP contribution in [0.15, 0.2) is 24.3 Å². The molecule has 1 aliphatic rings. The average Bonchev–Trinajstić information content (AvgIpc) is 2.39. The number of hydrogen-bond donors (Lipinski definition) is 3. The quantitative estimate of drug-likeness (QED) is 0.785. The summed E-state index contributed by atoms with van der Waals surface area (Å²) in [7, 11) is 0. The van der Waals surface area contributed by atoms with E-state index in [4.69, 9.17) is 0 Å². The summed E-state index contributed by atoms with van der Waals surface area (Å²) in [6, 6.07) is 7.18. The molecule has 2 rings (SSSR count). The lowest BCUT2D eigenvalue weighted by atomic mass is 10.1. The van der Waals surface area contributed by atoms with Gasteiger partial charge < -0.3 is 15.7 Å². The van der Waals surface area contributed by atoms with Gasteiger partial charge in [0.05, 0.1) is 6.04 Å². The second-order valence-corrected chi connectivity index (χ2v) is 5.96. The third-order valence-corrected chi connectivity index (χ3v) is 4.31. The number of phenols is 1. The molecule has 0 bridgehead atoms. The van der Waals surface area contributed by atoms with Crippen LogP contribution in [0, 0.1) is 0 Å². The van der Waals surface area contributed by atoms with Gasteiger partial charge in [0.25, 0.3) is 0 Å². The van der Waals surface area contributed by atoms with Crippen molar-refractivity contribution in [3.8, 4) is 5.75 Å². The molecule has 1 saturated heterocycles. The Kier molecular flexibility index (Phi) is 5.10. The van der Waals surface area contributed by atoms with E-state index < -0.39 is 0 Å². The van der Waals surface area contributed by atoms with Crippen LogP contribution in [-0.4, -0.2) is 35.1 Å². The Morgan fingerprint density at radius 2 is 2.47 bits per heavy atom. The molecule has 0 saturated carbocycles. The summed E-state index contributed by atoms with van der Waals surface area (Å²) in [6.07, 6.45) is 0.510. The van der Waals surface area contributed by atoms with Crippen LogP contribution in [0.1, 0.15) is 24.9 Å². The van der Waals surface area contributed by atoms with E-state index in [0.29, 0.717) is 6.42 Å².